The first-order valence-corrected chi connectivity index (χ1v) is 10.9. The number of carboxylic acids is 1. The molecule has 7 N–H and O–H groups in total. The first-order chi connectivity index (χ1) is 15.7. The third kappa shape index (κ3) is 3.09. The molecule has 0 saturated carbocycles. The molecular weight excluding hydrogens is 440 g/mol. The van der Waals surface area contributed by atoms with Crippen molar-refractivity contribution in [2.45, 2.75) is 18.5 Å². The molecule has 2 unspecified atom stereocenters. The zero-order valence-electron chi connectivity index (χ0n) is 17.5. The van der Waals surface area contributed by atoms with Gasteiger partial charge in [-0.25, -0.2) is 4.79 Å². The van der Waals surface area contributed by atoms with E-state index in [1.165, 1.54) is 0 Å². The topological polar surface area (TPSA) is 155 Å². The van der Waals surface area contributed by atoms with Crippen molar-refractivity contribution >= 4 is 38.9 Å². The average Bonchev–Trinajstić information content (AvgIpc) is 3.21. The van der Waals surface area contributed by atoms with E-state index in [2.05, 4.69) is 4.98 Å². The number of anilines is 1. The van der Waals surface area contributed by atoms with Crippen LogP contribution in [0.2, 0.25) is 0 Å². The number of Topliss-reactive ketones (excluding diaryl/α,β-unsaturated/α-hetero) is 1. The lowest BCUT2D eigenvalue weighted by Gasteiger charge is -2.36. The van der Waals surface area contributed by atoms with Gasteiger partial charge >= 0.3 is 5.97 Å². The lowest BCUT2D eigenvalue weighted by atomic mass is 9.70. The minimum Gasteiger partial charge on any atom is -0.477 e. The largest absolute Gasteiger partial charge is 0.477 e. The fourth-order valence-corrected chi connectivity index (χ4v) is 5.41. The molecule has 0 spiro atoms. The Labute approximate surface area is 192 Å². The van der Waals surface area contributed by atoms with Gasteiger partial charge in [-0.2, -0.15) is 0 Å². The highest BCUT2D eigenvalue weighted by Crippen LogP contribution is 2.49. The summed E-state index contributed by atoms with van der Waals surface area (Å²) in [7, 11) is 0. The van der Waals surface area contributed by atoms with E-state index in [0.29, 0.717) is 38.4 Å². The number of carboxylic acid groups (broad SMARTS) is 1. The van der Waals surface area contributed by atoms with Gasteiger partial charge in [-0.3, -0.25) is 9.78 Å². The van der Waals surface area contributed by atoms with Crippen LogP contribution in [-0.2, 0) is 10.3 Å². The zero-order valence-corrected chi connectivity index (χ0v) is 18.3. The predicted octanol–water partition coefficient (Wildman–Crippen LogP) is 3.46. The van der Waals surface area contributed by atoms with Gasteiger partial charge in [0.15, 0.2) is 5.78 Å². The molecule has 0 fully saturated rings. The van der Waals surface area contributed by atoms with Crippen LogP contribution in [-0.4, -0.2) is 21.8 Å². The van der Waals surface area contributed by atoms with E-state index in [9.17, 15) is 14.7 Å². The number of nitrogen functional groups attached to an aromatic ring is 1. The molecule has 0 aliphatic heterocycles. The smallest absolute Gasteiger partial charge is 0.346 e. The molecule has 2 heterocycles. The molecule has 5 rings (SSSR count). The summed E-state index contributed by atoms with van der Waals surface area (Å²) in [6.07, 6.45) is 1.63. The lowest BCUT2D eigenvalue weighted by Crippen LogP contribution is -2.52. The van der Waals surface area contributed by atoms with Crippen molar-refractivity contribution in [2.75, 3.05) is 5.73 Å². The van der Waals surface area contributed by atoms with Gasteiger partial charge < -0.3 is 27.0 Å². The highest BCUT2D eigenvalue weighted by molar-refractivity contribution is 7.21. The van der Waals surface area contributed by atoms with Gasteiger partial charge in [0.2, 0.25) is 0 Å². The molecule has 8 nitrogen and oxygen atoms in total. The molecular formula is C24H20N4O4S. The minimum absolute atomic E-state index is 0.00232. The molecule has 2 aromatic heterocycles. The standard InChI is InChI=1S/C24H20N4O4S/c1-11-2-5-14(10-28-11)32-13-6-3-12(4-7-13)24(27)15-8-9-16(25)20-17(15)18(19(26)22(24)29)21(33-20)23(30)31/h2-10,19H,25-27H2,1H3,(H,30,31). The number of benzene rings is 2. The number of hydrogen-bond acceptors (Lipinski definition) is 8. The van der Waals surface area contributed by atoms with Gasteiger partial charge in [-0.15, -0.1) is 11.3 Å². The Bertz CT molecular complexity index is 1430. The molecule has 0 bridgehead atoms. The number of thiophene rings is 1. The maximum absolute atomic E-state index is 13.5. The third-order valence-electron chi connectivity index (χ3n) is 5.94. The number of hydrogen-bond donors (Lipinski definition) is 4. The van der Waals surface area contributed by atoms with E-state index < -0.39 is 23.3 Å². The Balaban J connectivity index is 1.63. The van der Waals surface area contributed by atoms with Crippen molar-refractivity contribution in [3.8, 4) is 11.5 Å². The molecule has 1 aliphatic carbocycles. The van der Waals surface area contributed by atoms with E-state index in [0.717, 1.165) is 17.0 Å². The molecule has 0 saturated heterocycles. The third-order valence-corrected chi connectivity index (χ3v) is 7.18. The number of rotatable bonds is 4. The quantitative estimate of drug-likeness (QED) is 0.338. The van der Waals surface area contributed by atoms with Crippen molar-refractivity contribution < 1.29 is 19.4 Å². The number of nitrogens with zero attached hydrogens (tertiary/aromatic N) is 1. The van der Waals surface area contributed by atoms with Crippen molar-refractivity contribution in [1.82, 2.24) is 4.98 Å². The number of aromatic nitrogens is 1. The van der Waals surface area contributed by atoms with E-state index in [4.69, 9.17) is 21.9 Å². The first kappa shape index (κ1) is 21.1. The monoisotopic (exact) mass is 460 g/mol. The molecule has 9 heteroatoms. The number of pyridine rings is 1. The van der Waals surface area contributed by atoms with Crippen LogP contribution >= 0.6 is 11.3 Å². The van der Waals surface area contributed by atoms with Crippen LogP contribution in [0.25, 0.3) is 10.1 Å². The van der Waals surface area contributed by atoms with Crippen LogP contribution in [0.1, 0.15) is 38.1 Å². The van der Waals surface area contributed by atoms with Crippen LogP contribution in [0.15, 0.2) is 54.7 Å². The number of aromatic carboxylic acids is 1. The lowest BCUT2D eigenvalue weighted by molar-refractivity contribution is -0.124. The Hall–Kier alpha value is -3.79. The van der Waals surface area contributed by atoms with Crippen LogP contribution in [0.3, 0.4) is 0 Å². The maximum atomic E-state index is 13.5. The summed E-state index contributed by atoms with van der Waals surface area (Å²) in [6.45, 7) is 1.89. The van der Waals surface area contributed by atoms with Gasteiger partial charge in [-0.05, 0) is 48.4 Å². The van der Waals surface area contributed by atoms with Gasteiger partial charge in [0, 0.05) is 22.3 Å². The van der Waals surface area contributed by atoms with Crippen LogP contribution < -0.4 is 21.9 Å². The van der Waals surface area contributed by atoms with Gasteiger partial charge in [0.25, 0.3) is 0 Å². The Morgan fingerprint density at radius 3 is 2.45 bits per heavy atom. The average molecular weight is 461 g/mol. The van der Waals surface area contributed by atoms with Crippen molar-refractivity contribution in [3.63, 3.8) is 0 Å². The Kier molecular flexibility index (Phi) is 4.71. The molecule has 166 valence electrons. The summed E-state index contributed by atoms with van der Waals surface area (Å²) >= 11 is 1.01. The number of ether oxygens (including phenoxy) is 1. The molecule has 2 aromatic carbocycles. The highest BCUT2D eigenvalue weighted by Gasteiger charge is 2.48. The van der Waals surface area contributed by atoms with Gasteiger partial charge in [0.05, 0.1) is 16.9 Å². The summed E-state index contributed by atoms with van der Waals surface area (Å²) in [4.78, 5) is 29.6. The molecule has 0 amide bonds. The number of aryl methyl sites for hydroxylation is 1. The van der Waals surface area contributed by atoms with Crippen molar-refractivity contribution in [2.24, 2.45) is 11.5 Å². The normalized spacial score (nSPS) is 19.6. The van der Waals surface area contributed by atoms with E-state index in [1.807, 2.05) is 19.1 Å². The summed E-state index contributed by atoms with van der Waals surface area (Å²) in [5, 5.41) is 10.2. The summed E-state index contributed by atoms with van der Waals surface area (Å²) in [5.41, 5.74) is 20.2. The number of carbonyl (C=O) groups is 2. The fraction of sp³-hybridized carbons (Fsp3) is 0.125. The summed E-state index contributed by atoms with van der Waals surface area (Å²) in [6, 6.07) is 12.6. The van der Waals surface area contributed by atoms with E-state index in [-0.39, 0.29) is 10.4 Å². The molecule has 4 aromatic rings. The maximum Gasteiger partial charge on any atom is 0.346 e. The fourth-order valence-electron chi connectivity index (χ4n) is 4.27. The summed E-state index contributed by atoms with van der Waals surface area (Å²) in [5.74, 6) is -0.516. The van der Waals surface area contributed by atoms with Crippen molar-refractivity contribution in [1.29, 1.82) is 0 Å². The van der Waals surface area contributed by atoms with Crippen LogP contribution in [0.5, 0.6) is 11.5 Å². The van der Waals surface area contributed by atoms with Gasteiger partial charge in [0.1, 0.15) is 21.9 Å². The summed E-state index contributed by atoms with van der Waals surface area (Å²) < 4.78 is 6.38. The first-order valence-electron chi connectivity index (χ1n) is 10.1. The van der Waals surface area contributed by atoms with E-state index >= 15 is 0 Å². The SMILES string of the molecule is Cc1ccc(Oc2ccc(C3(N)C(=O)C(N)c4c(C(=O)O)sc5c(N)ccc3c45)cc2)cn1. The Morgan fingerprint density at radius 2 is 1.82 bits per heavy atom. The second kappa shape index (κ2) is 7.38. The molecule has 33 heavy (non-hydrogen) atoms. The second-order valence-electron chi connectivity index (χ2n) is 7.97. The predicted molar refractivity (Wildman–Crippen MR) is 126 cm³/mol. The molecule has 2 atom stereocenters. The van der Waals surface area contributed by atoms with Crippen LogP contribution in [0, 0.1) is 6.92 Å². The minimum atomic E-state index is -1.57. The number of carbonyl (C=O) groups excluding carboxylic acids is 1. The molecule has 1 aliphatic rings. The highest BCUT2D eigenvalue weighted by atomic mass is 32.1. The molecule has 0 radical (unpaired) electrons. The van der Waals surface area contributed by atoms with E-state index in [1.54, 1.807) is 42.6 Å². The number of nitrogens with two attached hydrogens (primary N) is 3. The van der Waals surface area contributed by atoms with Gasteiger partial charge in [-0.1, -0.05) is 18.2 Å². The second-order valence-corrected chi connectivity index (χ2v) is 8.99. The zero-order chi connectivity index (χ0) is 23.5. The van der Waals surface area contributed by atoms with Crippen LogP contribution in [0.4, 0.5) is 5.69 Å². The van der Waals surface area contributed by atoms with Crippen molar-refractivity contribution in [3.05, 3.63) is 82.0 Å². The Morgan fingerprint density at radius 1 is 1.12 bits per heavy atom. The number of ketones is 1.